The zero-order chi connectivity index (χ0) is 15.3. The van der Waals surface area contributed by atoms with Gasteiger partial charge in [-0.15, -0.1) is 0 Å². The molecule has 0 aromatic heterocycles. The molecule has 0 radical (unpaired) electrons. The largest absolute Gasteiger partial charge is 0.351 e. The second kappa shape index (κ2) is 7.02. The van der Waals surface area contributed by atoms with E-state index in [1.54, 1.807) is 12.1 Å². The average Bonchev–Trinajstić information content (AvgIpc) is 2.97. The minimum Gasteiger partial charge on any atom is -0.351 e. The lowest BCUT2D eigenvalue weighted by Gasteiger charge is -2.13. The number of amides is 1. The summed E-state index contributed by atoms with van der Waals surface area (Å²) in [7, 11) is -3.57. The molecule has 116 valence electrons. The fraction of sp³-hybridized carbons (Fsp3) is 0.500. The standard InChI is InChI=1S/C14H21N3O3S/c15-8-9-16-14(18)11-4-3-7-13(10-11)21(19,20)17-12-5-1-2-6-12/h3-4,7,10,12,17H,1-2,5-6,8-9,15H2,(H,16,18). The molecule has 1 aliphatic carbocycles. The van der Waals surface area contributed by atoms with Crippen LogP contribution in [0, 0.1) is 0 Å². The molecule has 1 fully saturated rings. The van der Waals surface area contributed by atoms with Crippen LogP contribution < -0.4 is 15.8 Å². The lowest BCUT2D eigenvalue weighted by molar-refractivity contribution is 0.0954. The van der Waals surface area contributed by atoms with Gasteiger partial charge in [0.25, 0.3) is 5.91 Å². The molecule has 2 rings (SSSR count). The van der Waals surface area contributed by atoms with Gasteiger partial charge in [0.2, 0.25) is 10.0 Å². The highest BCUT2D eigenvalue weighted by atomic mass is 32.2. The van der Waals surface area contributed by atoms with Gasteiger partial charge in [0.05, 0.1) is 4.90 Å². The number of benzene rings is 1. The van der Waals surface area contributed by atoms with Gasteiger partial charge in [-0.3, -0.25) is 4.79 Å². The number of hydrogen-bond donors (Lipinski definition) is 3. The van der Waals surface area contributed by atoms with E-state index in [1.807, 2.05) is 0 Å². The molecule has 0 atom stereocenters. The Hall–Kier alpha value is -1.44. The Kier molecular flexibility index (Phi) is 5.33. The fourth-order valence-corrected chi connectivity index (χ4v) is 3.77. The molecule has 7 heteroatoms. The van der Waals surface area contributed by atoms with E-state index in [4.69, 9.17) is 5.73 Å². The molecule has 21 heavy (non-hydrogen) atoms. The van der Waals surface area contributed by atoms with E-state index in [1.165, 1.54) is 12.1 Å². The highest BCUT2D eigenvalue weighted by molar-refractivity contribution is 7.89. The zero-order valence-electron chi connectivity index (χ0n) is 11.8. The van der Waals surface area contributed by atoms with Crippen LogP contribution in [-0.4, -0.2) is 33.5 Å². The van der Waals surface area contributed by atoms with Gasteiger partial charge in [-0.1, -0.05) is 18.9 Å². The third-order valence-electron chi connectivity index (χ3n) is 3.51. The van der Waals surface area contributed by atoms with Crippen molar-refractivity contribution in [1.82, 2.24) is 10.0 Å². The number of sulfonamides is 1. The van der Waals surface area contributed by atoms with Crippen molar-refractivity contribution in [3.05, 3.63) is 29.8 Å². The summed E-state index contributed by atoms with van der Waals surface area (Å²) in [6.07, 6.45) is 3.84. The predicted molar refractivity (Wildman–Crippen MR) is 80.4 cm³/mol. The van der Waals surface area contributed by atoms with Crippen molar-refractivity contribution in [3.63, 3.8) is 0 Å². The molecular weight excluding hydrogens is 290 g/mol. The third-order valence-corrected chi connectivity index (χ3v) is 5.03. The van der Waals surface area contributed by atoms with Gasteiger partial charge in [-0.05, 0) is 31.0 Å². The van der Waals surface area contributed by atoms with E-state index in [2.05, 4.69) is 10.0 Å². The summed E-state index contributed by atoms with van der Waals surface area (Å²) >= 11 is 0. The first-order chi connectivity index (χ1) is 10.0. The predicted octanol–water partition coefficient (Wildman–Crippen LogP) is 0.596. The van der Waals surface area contributed by atoms with Crippen molar-refractivity contribution in [3.8, 4) is 0 Å². The first-order valence-corrected chi connectivity index (χ1v) is 8.62. The molecule has 1 amide bonds. The lowest BCUT2D eigenvalue weighted by atomic mass is 10.2. The highest BCUT2D eigenvalue weighted by Gasteiger charge is 2.23. The number of nitrogens with one attached hydrogen (secondary N) is 2. The average molecular weight is 311 g/mol. The van der Waals surface area contributed by atoms with Crippen LogP contribution in [0.4, 0.5) is 0 Å². The Balaban J connectivity index is 2.13. The fourth-order valence-electron chi connectivity index (χ4n) is 2.42. The second-order valence-corrected chi connectivity index (χ2v) is 6.89. The maximum atomic E-state index is 12.3. The van der Waals surface area contributed by atoms with Crippen LogP contribution >= 0.6 is 0 Å². The first kappa shape index (κ1) is 15.9. The first-order valence-electron chi connectivity index (χ1n) is 7.13. The summed E-state index contributed by atoms with van der Waals surface area (Å²) in [6, 6.07) is 6.05. The van der Waals surface area contributed by atoms with Gasteiger partial charge in [0, 0.05) is 24.7 Å². The topological polar surface area (TPSA) is 101 Å². The van der Waals surface area contributed by atoms with Crippen molar-refractivity contribution in [1.29, 1.82) is 0 Å². The SMILES string of the molecule is NCCNC(=O)c1cccc(S(=O)(=O)NC2CCCC2)c1. The summed E-state index contributed by atoms with van der Waals surface area (Å²) in [6.45, 7) is 0.698. The molecule has 0 bridgehead atoms. The van der Waals surface area contributed by atoms with E-state index < -0.39 is 10.0 Å². The minimum absolute atomic E-state index is 0.00437. The van der Waals surface area contributed by atoms with E-state index >= 15 is 0 Å². The van der Waals surface area contributed by atoms with Crippen LogP contribution in [0.25, 0.3) is 0 Å². The zero-order valence-corrected chi connectivity index (χ0v) is 12.7. The number of carbonyl (C=O) groups excluding carboxylic acids is 1. The van der Waals surface area contributed by atoms with Gasteiger partial charge >= 0.3 is 0 Å². The van der Waals surface area contributed by atoms with Gasteiger partial charge in [-0.25, -0.2) is 13.1 Å². The molecular formula is C14H21N3O3S. The molecule has 1 aromatic rings. The van der Waals surface area contributed by atoms with Crippen LogP contribution in [0.1, 0.15) is 36.0 Å². The van der Waals surface area contributed by atoms with Crippen molar-refractivity contribution >= 4 is 15.9 Å². The van der Waals surface area contributed by atoms with E-state index in [0.717, 1.165) is 25.7 Å². The molecule has 1 aliphatic rings. The van der Waals surface area contributed by atoms with Crippen molar-refractivity contribution < 1.29 is 13.2 Å². The number of nitrogens with two attached hydrogens (primary N) is 1. The number of hydrogen-bond acceptors (Lipinski definition) is 4. The van der Waals surface area contributed by atoms with Crippen LogP contribution in [0.3, 0.4) is 0 Å². The van der Waals surface area contributed by atoms with Crippen LogP contribution in [0.2, 0.25) is 0 Å². The third kappa shape index (κ3) is 4.26. The molecule has 0 aliphatic heterocycles. The number of carbonyl (C=O) groups is 1. The van der Waals surface area contributed by atoms with Gasteiger partial charge < -0.3 is 11.1 Å². The molecule has 0 saturated heterocycles. The molecule has 0 spiro atoms. The van der Waals surface area contributed by atoms with E-state index in [0.29, 0.717) is 18.7 Å². The van der Waals surface area contributed by atoms with Gasteiger partial charge in [0.1, 0.15) is 0 Å². The molecule has 4 N–H and O–H groups in total. The quantitative estimate of drug-likeness (QED) is 0.716. The van der Waals surface area contributed by atoms with Gasteiger partial charge in [0.15, 0.2) is 0 Å². The van der Waals surface area contributed by atoms with E-state index in [9.17, 15) is 13.2 Å². The minimum atomic E-state index is -3.57. The smallest absolute Gasteiger partial charge is 0.251 e. The summed E-state index contributed by atoms with van der Waals surface area (Å²) in [5.41, 5.74) is 5.64. The Morgan fingerprint density at radius 3 is 2.67 bits per heavy atom. The van der Waals surface area contributed by atoms with Gasteiger partial charge in [-0.2, -0.15) is 0 Å². The van der Waals surface area contributed by atoms with E-state index in [-0.39, 0.29) is 16.8 Å². The maximum Gasteiger partial charge on any atom is 0.251 e. The molecule has 0 unspecified atom stereocenters. The molecule has 0 heterocycles. The second-order valence-electron chi connectivity index (χ2n) is 5.18. The maximum absolute atomic E-state index is 12.3. The summed E-state index contributed by atoms with van der Waals surface area (Å²) in [5, 5.41) is 2.62. The Bertz CT molecular complexity index is 595. The van der Waals surface area contributed by atoms with Crippen LogP contribution in [0.5, 0.6) is 0 Å². The molecule has 6 nitrogen and oxygen atoms in total. The molecule has 1 saturated carbocycles. The monoisotopic (exact) mass is 311 g/mol. The lowest BCUT2D eigenvalue weighted by Crippen LogP contribution is -2.33. The Morgan fingerprint density at radius 1 is 1.29 bits per heavy atom. The number of rotatable bonds is 6. The van der Waals surface area contributed by atoms with Crippen molar-refractivity contribution in [2.45, 2.75) is 36.6 Å². The summed E-state index contributed by atoms with van der Waals surface area (Å²) in [5.74, 6) is -0.321. The summed E-state index contributed by atoms with van der Waals surface area (Å²) in [4.78, 5) is 12.0. The van der Waals surface area contributed by atoms with Crippen molar-refractivity contribution in [2.24, 2.45) is 5.73 Å². The summed E-state index contributed by atoms with van der Waals surface area (Å²) < 4.78 is 27.3. The molecule has 1 aromatic carbocycles. The normalized spacial score (nSPS) is 16.0. The van der Waals surface area contributed by atoms with Crippen LogP contribution in [0.15, 0.2) is 29.2 Å². The Labute approximate surface area is 125 Å². The van der Waals surface area contributed by atoms with Crippen molar-refractivity contribution in [2.75, 3.05) is 13.1 Å². The van der Waals surface area contributed by atoms with Crippen LogP contribution in [-0.2, 0) is 10.0 Å². The Morgan fingerprint density at radius 2 is 2.00 bits per heavy atom. The highest BCUT2D eigenvalue weighted by Crippen LogP contribution is 2.20.